The third kappa shape index (κ3) is 3.40. The minimum absolute atomic E-state index is 0.198. The van der Waals surface area contributed by atoms with Gasteiger partial charge in [-0.3, -0.25) is 0 Å². The number of anilines is 1. The molecule has 1 amide bonds. The van der Waals surface area contributed by atoms with Gasteiger partial charge in [-0.1, -0.05) is 6.07 Å². The molecule has 1 aliphatic heterocycles. The average molecular weight is 280 g/mol. The molecule has 1 aromatic rings. The Labute approximate surface area is 119 Å². The highest BCUT2D eigenvalue weighted by atomic mass is 19.1. The number of rotatable bonds is 2. The molecule has 4 nitrogen and oxygen atoms in total. The number of nitrogens with zero attached hydrogens (tertiary/aromatic N) is 2. The number of hydrogen-bond acceptors (Lipinski definition) is 3. The second kappa shape index (κ2) is 5.31. The predicted octanol–water partition coefficient (Wildman–Crippen LogP) is 2.88. The van der Waals surface area contributed by atoms with Gasteiger partial charge < -0.3 is 14.5 Å². The SMILES string of the molecule is CN(c1cccc(F)c1)C1CN(C(=O)OC(C)(C)C)C1. The third-order valence-electron chi connectivity index (χ3n) is 3.28. The molecule has 0 aliphatic carbocycles. The molecule has 1 saturated heterocycles. The molecule has 0 atom stereocenters. The van der Waals surface area contributed by atoms with E-state index in [0.717, 1.165) is 5.69 Å². The van der Waals surface area contributed by atoms with Crippen LogP contribution in [0.4, 0.5) is 14.9 Å². The van der Waals surface area contributed by atoms with Crippen molar-refractivity contribution in [2.45, 2.75) is 32.4 Å². The highest BCUT2D eigenvalue weighted by molar-refractivity contribution is 5.70. The summed E-state index contributed by atoms with van der Waals surface area (Å²) in [6.45, 7) is 6.74. The molecule has 1 fully saturated rings. The topological polar surface area (TPSA) is 32.8 Å². The maximum atomic E-state index is 13.2. The Morgan fingerprint density at radius 3 is 2.60 bits per heavy atom. The Hall–Kier alpha value is -1.78. The summed E-state index contributed by atoms with van der Waals surface area (Å²) in [5.41, 5.74) is 0.343. The summed E-state index contributed by atoms with van der Waals surface area (Å²) in [6, 6.07) is 6.66. The van der Waals surface area contributed by atoms with Gasteiger partial charge in [0.2, 0.25) is 0 Å². The monoisotopic (exact) mass is 280 g/mol. The number of halogens is 1. The van der Waals surface area contributed by atoms with Crippen LogP contribution >= 0.6 is 0 Å². The van der Waals surface area contributed by atoms with Gasteiger partial charge in [-0.15, -0.1) is 0 Å². The molecular weight excluding hydrogens is 259 g/mol. The second-order valence-electron chi connectivity index (χ2n) is 6.13. The van der Waals surface area contributed by atoms with E-state index in [4.69, 9.17) is 4.74 Å². The predicted molar refractivity (Wildman–Crippen MR) is 76.4 cm³/mol. The second-order valence-corrected chi connectivity index (χ2v) is 6.13. The number of benzene rings is 1. The first kappa shape index (κ1) is 14.6. The number of ether oxygens (including phenoxy) is 1. The summed E-state index contributed by atoms with van der Waals surface area (Å²) in [5.74, 6) is -0.252. The van der Waals surface area contributed by atoms with Crippen LogP contribution in [0.25, 0.3) is 0 Å². The van der Waals surface area contributed by atoms with E-state index >= 15 is 0 Å². The highest BCUT2D eigenvalue weighted by Gasteiger charge is 2.36. The first-order chi connectivity index (χ1) is 9.26. The zero-order valence-corrected chi connectivity index (χ0v) is 12.4. The molecule has 20 heavy (non-hydrogen) atoms. The molecule has 0 N–H and O–H groups in total. The third-order valence-corrected chi connectivity index (χ3v) is 3.28. The van der Waals surface area contributed by atoms with Crippen LogP contribution in [0.3, 0.4) is 0 Å². The zero-order valence-electron chi connectivity index (χ0n) is 12.4. The van der Waals surface area contributed by atoms with E-state index in [9.17, 15) is 9.18 Å². The maximum Gasteiger partial charge on any atom is 0.410 e. The van der Waals surface area contributed by atoms with Gasteiger partial charge >= 0.3 is 6.09 Å². The van der Waals surface area contributed by atoms with Crippen LogP contribution in [-0.2, 0) is 4.74 Å². The first-order valence-corrected chi connectivity index (χ1v) is 6.72. The van der Waals surface area contributed by atoms with Crippen molar-refractivity contribution in [1.29, 1.82) is 0 Å². The summed E-state index contributed by atoms with van der Waals surface area (Å²) in [4.78, 5) is 15.5. The molecule has 2 rings (SSSR count). The number of hydrogen-bond donors (Lipinski definition) is 0. The molecule has 1 aromatic carbocycles. The molecule has 0 bridgehead atoms. The van der Waals surface area contributed by atoms with Gasteiger partial charge in [-0.05, 0) is 39.0 Å². The molecule has 0 radical (unpaired) electrons. The molecule has 5 heteroatoms. The van der Waals surface area contributed by atoms with E-state index in [1.165, 1.54) is 12.1 Å². The van der Waals surface area contributed by atoms with Crippen molar-refractivity contribution in [2.24, 2.45) is 0 Å². The molecule has 0 aromatic heterocycles. The van der Waals surface area contributed by atoms with Crippen molar-refractivity contribution in [3.8, 4) is 0 Å². The molecule has 0 saturated carbocycles. The van der Waals surface area contributed by atoms with E-state index < -0.39 is 5.60 Å². The zero-order chi connectivity index (χ0) is 14.9. The van der Waals surface area contributed by atoms with Crippen molar-refractivity contribution < 1.29 is 13.9 Å². The minimum Gasteiger partial charge on any atom is -0.444 e. The Balaban J connectivity index is 1.88. The fourth-order valence-electron chi connectivity index (χ4n) is 2.08. The van der Waals surface area contributed by atoms with Gasteiger partial charge in [0, 0.05) is 25.8 Å². The highest BCUT2D eigenvalue weighted by Crippen LogP contribution is 2.23. The number of likely N-dealkylation sites (tertiary alicyclic amines) is 1. The van der Waals surface area contributed by atoms with Crippen molar-refractivity contribution >= 4 is 11.8 Å². The summed E-state index contributed by atoms with van der Waals surface area (Å²) in [7, 11) is 1.91. The molecule has 0 spiro atoms. The lowest BCUT2D eigenvalue weighted by Gasteiger charge is -2.44. The van der Waals surface area contributed by atoms with Gasteiger partial charge in [-0.2, -0.15) is 0 Å². The Morgan fingerprint density at radius 1 is 1.40 bits per heavy atom. The van der Waals surface area contributed by atoms with E-state index in [-0.39, 0.29) is 18.0 Å². The molecule has 110 valence electrons. The fourth-order valence-corrected chi connectivity index (χ4v) is 2.08. The number of likely N-dealkylation sites (N-methyl/N-ethyl adjacent to an activating group) is 1. The van der Waals surface area contributed by atoms with Gasteiger partial charge in [0.25, 0.3) is 0 Å². The van der Waals surface area contributed by atoms with Crippen LogP contribution in [0.5, 0.6) is 0 Å². The summed E-state index contributed by atoms with van der Waals surface area (Å²) >= 11 is 0. The van der Waals surface area contributed by atoms with Crippen LogP contribution in [-0.4, -0.2) is 42.8 Å². The van der Waals surface area contributed by atoms with Crippen LogP contribution < -0.4 is 4.90 Å². The van der Waals surface area contributed by atoms with Crippen LogP contribution in [0.1, 0.15) is 20.8 Å². The Kier molecular flexibility index (Phi) is 3.88. The summed E-state index contributed by atoms with van der Waals surface area (Å²) < 4.78 is 18.5. The first-order valence-electron chi connectivity index (χ1n) is 6.72. The summed E-state index contributed by atoms with van der Waals surface area (Å²) in [5, 5.41) is 0. The smallest absolute Gasteiger partial charge is 0.410 e. The number of carbonyl (C=O) groups excluding carboxylic acids is 1. The lowest BCUT2D eigenvalue weighted by atomic mass is 10.1. The van der Waals surface area contributed by atoms with E-state index in [1.807, 2.05) is 38.8 Å². The van der Waals surface area contributed by atoms with E-state index in [1.54, 1.807) is 11.0 Å². The van der Waals surface area contributed by atoms with Crippen molar-refractivity contribution in [3.05, 3.63) is 30.1 Å². The van der Waals surface area contributed by atoms with E-state index in [0.29, 0.717) is 13.1 Å². The number of carbonyl (C=O) groups is 1. The largest absolute Gasteiger partial charge is 0.444 e. The lowest BCUT2D eigenvalue weighted by molar-refractivity contribution is 0.00851. The van der Waals surface area contributed by atoms with Crippen LogP contribution in [0.2, 0.25) is 0 Å². The number of amides is 1. The van der Waals surface area contributed by atoms with Crippen molar-refractivity contribution in [2.75, 3.05) is 25.0 Å². The van der Waals surface area contributed by atoms with E-state index in [2.05, 4.69) is 0 Å². The molecular formula is C15H21FN2O2. The van der Waals surface area contributed by atoms with Crippen LogP contribution in [0, 0.1) is 5.82 Å². The van der Waals surface area contributed by atoms with Crippen molar-refractivity contribution in [3.63, 3.8) is 0 Å². The van der Waals surface area contributed by atoms with Crippen LogP contribution in [0.15, 0.2) is 24.3 Å². The minimum atomic E-state index is -0.476. The molecule has 0 unspecified atom stereocenters. The summed E-state index contributed by atoms with van der Waals surface area (Å²) in [6.07, 6.45) is -0.290. The standard InChI is InChI=1S/C15H21FN2O2/c1-15(2,3)20-14(19)18-9-13(10-18)17(4)12-7-5-6-11(16)8-12/h5-8,13H,9-10H2,1-4H3. The average Bonchev–Trinajstić information content (AvgIpc) is 2.24. The Morgan fingerprint density at radius 2 is 2.05 bits per heavy atom. The normalized spacial score (nSPS) is 15.8. The molecule has 1 aliphatic rings. The van der Waals surface area contributed by atoms with Gasteiger partial charge in [0.15, 0.2) is 0 Å². The Bertz CT molecular complexity index is 493. The van der Waals surface area contributed by atoms with Gasteiger partial charge in [-0.25, -0.2) is 9.18 Å². The maximum absolute atomic E-state index is 13.2. The van der Waals surface area contributed by atoms with Crippen molar-refractivity contribution in [1.82, 2.24) is 4.90 Å². The van der Waals surface area contributed by atoms with Gasteiger partial charge in [0.1, 0.15) is 11.4 Å². The molecule has 1 heterocycles. The lowest BCUT2D eigenvalue weighted by Crippen LogP contribution is -2.61. The fraction of sp³-hybridized carbons (Fsp3) is 0.533. The quantitative estimate of drug-likeness (QED) is 0.835. The van der Waals surface area contributed by atoms with Gasteiger partial charge in [0.05, 0.1) is 6.04 Å².